The van der Waals surface area contributed by atoms with Crippen molar-refractivity contribution in [2.45, 2.75) is 32.8 Å². The number of hydrogen-bond donors (Lipinski definition) is 1. The van der Waals surface area contributed by atoms with Gasteiger partial charge in [0.25, 0.3) is 0 Å². The van der Waals surface area contributed by atoms with Gasteiger partial charge in [-0.2, -0.15) is 5.10 Å². The Morgan fingerprint density at radius 3 is 2.67 bits per heavy atom. The van der Waals surface area contributed by atoms with Gasteiger partial charge in [-0.1, -0.05) is 19.1 Å². The number of anilines is 1. The fourth-order valence-corrected chi connectivity index (χ4v) is 2.04. The summed E-state index contributed by atoms with van der Waals surface area (Å²) in [5.74, 6) is -0.203. The number of aryl methyl sites for hydroxylation is 3. The third-order valence-corrected chi connectivity index (χ3v) is 3.37. The second-order valence-electron chi connectivity index (χ2n) is 5.01. The molecule has 0 aliphatic carbocycles. The van der Waals surface area contributed by atoms with Gasteiger partial charge >= 0.3 is 5.97 Å². The van der Waals surface area contributed by atoms with Crippen LogP contribution in [0.3, 0.4) is 0 Å². The van der Waals surface area contributed by atoms with Gasteiger partial charge in [0, 0.05) is 19.2 Å². The van der Waals surface area contributed by atoms with Gasteiger partial charge in [-0.15, -0.1) is 0 Å². The van der Waals surface area contributed by atoms with Gasteiger partial charge in [-0.05, 0) is 36.6 Å². The Kier molecular flexibility index (Phi) is 4.98. The summed E-state index contributed by atoms with van der Waals surface area (Å²) in [5.41, 5.74) is 9.34. The van der Waals surface area contributed by atoms with Crippen LogP contribution in [0.1, 0.15) is 30.3 Å². The average Bonchev–Trinajstić information content (AvgIpc) is 2.85. The molecule has 1 aromatic carbocycles. The lowest BCUT2D eigenvalue weighted by molar-refractivity contribution is -0.145. The fraction of sp³-hybridized carbons (Fsp3) is 0.375. The molecule has 2 N–H and O–H groups in total. The molecular weight excluding hydrogens is 266 g/mol. The Hall–Kier alpha value is -2.30. The molecule has 0 atom stereocenters. The van der Waals surface area contributed by atoms with Crippen molar-refractivity contribution in [1.82, 2.24) is 9.78 Å². The molecule has 0 saturated carbocycles. The Labute approximate surface area is 124 Å². The van der Waals surface area contributed by atoms with Crippen molar-refractivity contribution in [2.75, 3.05) is 5.73 Å². The molecule has 0 aliphatic heterocycles. The lowest BCUT2D eigenvalue weighted by Gasteiger charge is -2.05. The minimum atomic E-state index is -0.203. The minimum Gasteiger partial charge on any atom is -0.459 e. The third-order valence-electron chi connectivity index (χ3n) is 3.37. The van der Waals surface area contributed by atoms with Crippen LogP contribution >= 0.6 is 0 Å². The highest BCUT2D eigenvalue weighted by molar-refractivity contribution is 5.69. The summed E-state index contributed by atoms with van der Waals surface area (Å²) in [7, 11) is 1.86. The van der Waals surface area contributed by atoms with Crippen LogP contribution in [0.4, 0.5) is 5.69 Å². The first kappa shape index (κ1) is 15.1. The zero-order chi connectivity index (χ0) is 15.2. The summed E-state index contributed by atoms with van der Waals surface area (Å²) in [6.45, 7) is 2.31. The minimum absolute atomic E-state index is 0.203. The highest BCUT2D eigenvalue weighted by atomic mass is 16.5. The molecule has 0 aliphatic rings. The number of nitrogen functional groups attached to an aromatic ring is 1. The number of rotatable bonds is 6. The van der Waals surface area contributed by atoms with Crippen LogP contribution in [-0.4, -0.2) is 15.7 Å². The van der Waals surface area contributed by atoms with E-state index < -0.39 is 0 Å². The van der Waals surface area contributed by atoms with Crippen molar-refractivity contribution < 1.29 is 9.53 Å². The van der Waals surface area contributed by atoms with Crippen molar-refractivity contribution in [2.24, 2.45) is 7.05 Å². The largest absolute Gasteiger partial charge is 0.459 e. The first-order valence-corrected chi connectivity index (χ1v) is 7.10. The van der Waals surface area contributed by atoms with E-state index in [1.807, 2.05) is 44.3 Å². The Morgan fingerprint density at radius 1 is 1.33 bits per heavy atom. The second kappa shape index (κ2) is 6.92. The van der Waals surface area contributed by atoms with Gasteiger partial charge < -0.3 is 10.5 Å². The molecule has 0 saturated heterocycles. The highest BCUT2D eigenvalue weighted by Crippen LogP contribution is 2.09. The van der Waals surface area contributed by atoms with E-state index in [4.69, 9.17) is 10.5 Å². The number of benzene rings is 1. The Morgan fingerprint density at radius 2 is 2.05 bits per heavy atom. The van der Waals surface area contributed by atoms with E-state index in [2.05, 4.69) is 5.10 Å². The van der Waals surface area contributed by atoms with Crippen molar-refractivity contribution in [3.63, 3.8) is 0 Å². The van der Waals surface area contributed by atoms with E-state index in [1.54, 1.807) is 4.68 Å². The van der Waals surface area contributed by atoms with Gasteiger partial charge in [0.15, 0.2) is 0 Å². The van der Waals surface area contributed by atoms with Gasteiger partial charge in [0.1, 0.15) is 6.61 Å². The van der Waals surface area contributed by atoms with E-state index in [1.165, 1.54) is 0 Å². The maximum absolute atomic E-state index is 11.8. The van der Waals surface area contributed by atoms with Gasteiger partial charge in [0.05, 0.1) is 11.4 Å². The first-order chi connectivity index (χ1) is 10.1. The SMILES string of the molecule is CCc1cc(COC(=O)CCc2ccc(N)cc2)n(C)n1. The molecule has 0 spiro atoms. The van der Waals surface area contributed by atoms with E-state index in [0.717, 1.165) is 29.1 Å². The van der Waals surface area contributed by atoms with E-state index in [0.29, 0.717) is 12.8 Å². The molecule has 21 heavy (non-hydrogen) atoms. The summed E-state index contributed by atoms with van der Waals surface area (Å²) in [4.78, 5) is 11.8. The Balaban J connectivity index is 1.79. The number of nitrogens with zero attached hydrogens (tertiary/aromatic N) is 2. The van der Waals surface area contributed by atoms with E-state index in [9.17, 15) is 4.79 Å². The smallest absolute Gasteiger partial charge is 0.306 e. The molecule has 0 bridgehead atoms. The highest BCUT2D eigenvalue weighted by Gasteiger charge is 2.08. The molecule has 0 unspecified atom stereocenters. The Bertz CT molecular complexity index is 602. The monoisotopic (exact) mass is 287 g/mol. The number of esters is 1. The van der Waals surface area contributed by atoms with Crippen LogP contribution in [0.2, 0.25) is 0 Å². The average molecular weight is 287 g/mol. The van der Waals surface area contributed by atoms with Crippen molar-refractivity contribution in [3.05, 3.63) is 47.3 Å². The van der Waals surface area contributed by atoms with E-state index >= 15 is 0 Å². The first-order valence-electron chi connectivity index (χ1n) is 7.10. The van der Waals surface area contributed by atoms with Crippen molar-refractivity contribution in [1.29, 1.82) is 0 Å². The number of nitrogens with two attached hydrogens (primary N) is 1. The molecule has 1 heterocycles. The predicted molar refractivity (Wildman–Crippen MR) is 81.6 cm³/mol. The van der Waals surface area contributed by atoms with Crippen LogP contribution in [-0.2, 0) is 36.0 Å². The summed E-state index contributed by atoms with van der Waals surface area (Å²) < 4.78 is 7.04. The molecule has 2 rings (SSSR count). The molecule has 0 radical (unpaired) electrons. The van der Waals surface area contributed by atoms with Gasteiger partial charge in [-0.25, -0.2) is 0 Å². The van der Waals surface area contributed by atoms with E-state index in [-0.39, 0.29) is 12.6 Å². The quantitative estimate of drug-likeness (QED) is 0.653. The van der Waals surface area contributed by atoms with Gasteiger partial charge in [0.2, 0.25) is 0 Å². The van der Waals surface area contributed by atoms with Crippen molar-refractivity contribution >= 4 is 11.7 Å². The van der Waals surface area contributed by atoms with Crippen molar-refractivity contribution in [3.8, 4) is 0 Å². The maximum Gasteiger partial charge on any atom is 0.306 e. The second-order valence-corrected chi connectivity index (χ2v) is 5.01. The van der Waals surface area contributed by atoms with Crippen LogP contribution in [0.15, 0.2) is 30.3 Å². The lowest BCUT2D eigenvalue weighted by atomic mass is 10.1. The summed E-state index contributed by atoms with van der Waals surface area (Å²) >= 11 is 0. The summed E-state index contributed by atoms with van der Waals surface area (Å²) in [6, 6.07) is 9.49. The topological polar surface area (TPSA) is 70.1 Å². The number of carbonyl (C=O) groups excluding carboxylic acids is 1. The predicted octanol–water partition coefficient (Wildman–Crippen LogP) is 2.24. The lowest BCUT2D eigenvalue weighted by Crippen LogP contribution is -2.08. The summed E-state index contributed by atoms with van der Waals surface area (Å²) in [6.07, 6.45) is 1.89. The zero-order valence-electron chi connectivity index (χ0n) is 12.5. The summed E-state index contributed by atoms with van der Waals surface area (Å²) in [5, 5.41) is 4.32. The molecule has 5 nitrogen and oxygen atoms in total. The standard InChI is InChI=1S/C16H21N3O2/c1-3-14-10-15(19(2)18-14)11-21-16(20)9-6-12-4-7-13(17)8-5-12/h4-5,7-8,10H,3,6,9,11,17H2,1-2H3. The van der Waals surface area contributed by atoms with Crippen LogP contribution in [0, 0.1) is 0 Å². The molecule has 0 fully saturated rings. The molecule has 5 heteroatoms. The molecule has 2 aromatic rings. The maximum atomic E-state index is 11.8. The van der Waals surface area contributed by atoms with Crippen LogP contribution in [0.5, 0.6) is 0 Å². The molecule has 0 amide bonds. The van der Waals surface area contributed by atoms with Crippen LogP contribution in [0.25, 0.3) is 0 Å². The third kappa shape index (κ3) is 4.34. The zero-order valence-corrected chi connectivity index (χ0v) is 12.5. The normalized spacial score (nSPS) is 10.6. The van der Waals surface area contributed by atoms with Crippen LogP contribution < -0.4 is 5.73 Å². The number of ether oxygens (including phenoxy) is 1. The van der Waals surface area contributed by atoms with Gasteiger partial charge in [-0.3, -0.25) is 9.48 Å². The number of hydrogen-bond acceptors (Lipinski definition) is 4. The molecule has 112 valence electrons. The molecule has 1 aromatic heterocycles. The number of aromatic nitrogens is 2. The molecular formula is C16H21N3O2. The fourth-order valence-electron chi connectivity index (χ4n) is 2.04. The number of carbonyl (C=O) groups is 1.